The normalized spacial score (nSPS) is 15.8. The standard InChI is InChI=1S/C43H77N2O7P/c1-6-7-8-9-10-11-12-16-20-23-26-29-32-35-42(47)41(39-52-53(49,50)51-38-37-45(3,4)5)44-43(48)36-33-30-27-24-21-18-15-13-14-17-19-22-25-28-31-34-40(2)46/h8-9,14-15,17-18,22,24-25,27,32,35,40-42,46-47H,6-7,10-13,16,19-21,23,26,28-31,33-34,36-39H2,1-5H3,(H-,44,48,49,50)/p+1/b9-8-,17-14-,18-15-,25-22-,27-24-,35-32+/t40-,41-,42+/m0/s1. The minimum Gasteiger partial charge on any atom is -0.393 e. The summed E-state index contributed by atoms with van der Waals surface area (Å²) in [5.41, 5.74) is 0. The van der Waals surface area contributed by atoms with E-state index in [1.54, 1.807) is 6.08 Å². The number of hydrogen-bond donors (Lipinski definition) is 4. The first-order chi connectivity index (χ1) is 25.4. The van der Waals surface area contributed by atoms with E-state index in [1.165, 1.54) is 38.5 Å². The van der Waals surface area contributed by atoms with Crippen molar-refractivity contribution in [1.29, 1.82) is 0 Å². The minimum absolute atomic E-state index is 0.0400. The van der Waals surface area contributed by atoms with Gasteiger partial charge < -0.3 is 24.9 Å². The van der Waals surface area contributed by atoms with Crippen molar-refractivity contribution in [3.63, 3.8) is 0 Å². The van der Waals surface area contributed by atoms with Gasteiger partial charge in [-0.05, 0) is 90.4 Å². The lowest BCUT2D eigenvalue weighted by Crippen LogP contribution is -2.45. The zero-order valence-corrected chi connectivity index (χ0v) is 35.0. The highest BCUT2D eigenvalue weighted by Gasteiger charge is 2.27. The number of nitrogens with zero attached hydrogens (tertiary/aromatic N) is 1. The Labute approximate surface area is 324 Å². The number of allylic oxidation sites excluding steroid dienone is 11. The molecule has 0 aromatic heterocycles. The van der Waals surface area contributed by atoms with Crippen LogP contribution in [0.1, 0.15) is 136 Å². The number of carbonyl (C=O) groups is 1. The average molecular weight is 766 g/mol. The number of likely N-dealkylation sites (N-methyl/N-ethyl adjacent to an activating group) is 1. The number of quaternary nitrogens is 1. The molecule has 1 unspecified atom stereocenters. The lowest BCUT2D eigenvalue weighted by atomic mass is 10.1. The molecule has 53 heavy (non-hydrogen) atoms. The number of phosphoric acid groups is 1. The molecule has 0 aliphatic carbocycles. The second-order valence-corrected chi connectivity index (χ2v) is 16.4. The average Bonchev–Trinajstić information content (AvgIpc) is 3.09. The molecule has 4 N–H and O–H groups in total. The topological polar surface area (TPSA) is 125 Å². The van der Waals surface area contributed by atoms with E-state index in [2.05, 4.69) is 73.0 Å². The van der Waals surface area contributed by atoms with Gasteiger partial charge in [-0.2, -0.15) is 0 Å². The van der Waals surface area contributed by atoms with E-state index in [-0.39, 0.29) is 31.6 Å². The summed E-state index contributed by atoms with van der Waals surface area (Å²) in [5.74, 6) is -0.250. The summed E-state index contributed by atoms with van der Waals surface area (Å²) in [4.78, 5) is 23.0. The highest BCUT2D eigenvalue weighted by Crippen LogP contribution is 2.43. The number of phosphoric ester groups is 1. The van der Waals surface area contributed by atoms with Gasteiger partial charge in [0.1, 0.15) is 13.2 Å². The van der Waals surface area contributed by atoms with Crippen molar-refractivity contribution in [2.75, 3.05) is 40.9 Å². The van der Waals surface area contributed by atoms with Crippen molar-refractivity contribution in [3.8, 4) is 0 Å². The zero-order chi connectivity index (χ0) is 39.5. The number of unbranched alkanes of at least 4 members (excludes halogenated alkanes) is 10. The van der Waals surface area contributed by atoms with E-state index >= 15 is 0 Å². The van der Waals surface area contributed by atoms with E-state index in [4.69, 9.17) is 9.05 Å². The van der Waals surface area contributed by atoms with Crippen LogP contribution in [-0.4, -0.2) is 84.6 Å². The lowest BCUT2D eigenvalue weighted by Gasteiger charge is -2.25. The van der Waals surface area contributed by atoms with Crippen LogP contribution in [0.2, 0.25) is 0 Å². The van der Waals surface area contributed by atoms with Crippen LogP contribution >= 0.6 is 7.82 Å². The number of aliphatic hydroxyl groups is 2. The molecule has 0 aliphatic heterocycles. The fourth-order valence-corrected chi connectivity index (χ4v) is 5.85. The van der Waals surface area contributed by atoms with Gasteiger partial charge in [0.25, 0.3) is 0 Å². The van der Waals surface area contributed by atoms with E-state index in [9.17, 15) is 24.5 Å². The van der Waals surface area contributed by atoms with Crippen LogP contribution in [0.5, 0.6) is 0 Å². The van der Waals surface area contributed by atoms with Gasteiger partial charge in [-0.1, -0.05) is 112 Å². The van der Waals surface area contributed by atoms with Crippen LogP contribution < -0.4 is 5.32 Å². The highest BCUT2D eigenvalue weighted by atomic mass is 31.2. The maximum atomic E-state index is 12.8. The summed E-state index contributed by atoms with van der Waals surface area (Å²) in [6.45, 7) is 4.22. The van der Waals surface area contributed by atoms with Gasteiger partial charge in [0.05, 0.1) is 46.0 Å². The van der Waals surface area contributed by atoms with Crippen molar-refractivity contribution >= 4 is 13.7 Å². The predicted octanol–water partition coefficient (Wildman–Crippen LogP) is 9.82. The third kappa shape index (κ3) is 38.0. The quantitative estimate of drug-likeness (QED) is 0.0219. The van der Waals surface area contributed by atoms with E-state index < -0.39 is 20.0 Å². The lowest BCUT2D eigenvalue weighted by molar-refractivity contribution is -0.870. The molecule has 0 bridgehead atoms. The third-order valence-electron chi connectivity index (χ3n) is 8.39. The Kier molecular flexibility index (Phi) is 33.0. The van der Waals surface area contributed by atoms with Gasteiger partial charge in [0, 0.05) is 6.42 Å². The van der Waals surface area contributed by atoms with Crippen molar-refractivity contribution in [1.82, 2.24) is 5.32 Å². The van der Waals surface area contributed by atoms with Crippen LogP contribution in [0.4, 0.5) is 0 Å². The Morgan fingerprint density at radius 3 is 1.75 bits per heavy atom. The van der Waals surface area contributed by atoms with Crippen molar-refractivity contribution in [3.05, 3.63) is 72.9 Å². The summed E-state index contributed by atoms with van der Waals surface area (Å²) < 4.78 is 23.4. The van der Waals surface area contributed by atoms with Crippen LogP contribution in [0, 0.1) is 0 Å². The second-order valence-electron chi connectivity index (χ2n) is 14.9. The summed E-state index contributed by atoms with van der Waals surface area (Å²) in [6, 6.07) is -0.890. The molecule has 1 amide bonds. The number of hydrogen-bond acceptors (Lipinski definition) is 6. The van der Waals surface area contributed by atoms with Gasteiger partial charge >= 0.3 is 7.82 Å². The monoisotopic (exact) mass is 766 g/mol. The van der Waals surface area contributed by atoms with Gasteiger partial charge in [0.15, 0.2) is 0 Å². The smallest absolute Gasteiger partial charge is 0.393 e. The maximum Gasteiger partial charge on any atom is 0.472 e. The van der Waals surface area contributed by atoms with Crippen LogP contribution in [0.15, 0.2) is 72.9 Å². The van der Waals surface area contributed by atoms with E-state index in [0.29, 0.717) is 17.4 Å². The number of carbonyl (C=O) groups excluding carboxylic acids is 1. The first-order valence-corrected chi connectivity index (χ1v) is 21.8. The Balaban J connectivity index is 4.62. The maximum absolute atomic E-state index is 12.8. The molecular weight excluding hydrogens is 687 g/mol. The first kappa shape index (κ1) is 50.9. The number of nitrogens with one attached hydrogen (secondary N) is 1. The third-order valence-corrected chi connectivity index (χ3v) is 9.37. The molecule has 0 radical (unpaired) electrons. The highest BCUT2D eigenvalue weighted by molar-refractivity contribution is 7.47. The Morgan fingerprint density at radius 1 is 0.698 bits per heavy atom. The molecule has 0 saturated carbocycles. The van der Waals surface area contributed by atoms with Crippen LogP contribution in [-0.2, 0) is 18.4 Å². The molecule has 0 aromatic carbocycles. The molecule has 0 spiro atoms. The molecule has 0 aromatic rings. The van der Waals surface area contributed by atoms with Crippen LogP contribution in [0.3, 0.4) is 0 Å². The first-order valence-electron chi connectivity index (χ1n) is 20.4. The fraction of sp³-hybridized carbons (Fsp3) is 0.698. The summed E-state index contributed by atoms with van der Waals surface area (Å²) in [6.07, 6.45) is 42.5. The van der Waals surface area contributed by atoms with Crippen molar-refractivity contribution < 1.29 is 38.0 Å². The Bertz CT molecular complexity index is 1110. The number of rotatable bonds is 35. The van der Waals surface area contributed by atoms with Gasteiger partial charge in [-0.15, -0.1) is 0 Å². The summed E-state index contributed by atoms with van der Waals surface area (Å²) in [7, 11) is 1.50. The summed E-state index contributed by atoms with van der Waals surface area (Å²) in [5, 5.41) is 23.0. The molecule has 306 valence electrons. The number of aliphatic hydroxyl groups excluding tert-OH is 2. The molecule has 10 heteroatoms. The minimum atomic E-state index is -4.36. The molecule has 9 nitrogen and oxygen atoms in total. The molecule has 0 aliphatic rings. The molecule has 0 heterocycles. The summed E-state index contributed by atoms with van der Waals surface area (Å²) >= 11 is 0. The van der Waals surface area contributed by atoms with Gasteiger partial charge in [0.2, 0.25) is 5.91 Å². The predicted molar refractivity (Wildman–Crippen MR) is 222 cm³/mol. The molecule has 0 fully saturated rings. The molecule has 0 saturated heterocycles. The van der Waals surface area contributed by atoms with Crippen molar-refractivity contribution in [2.45, 2.75) is 154 Å². The molecule has 4 atom stereocenters. The number of amides is 1. The Hall–Kier alpha value is -2.10. The largest absolute Gasteiger partial charge is 0.472 e. The zero-order valence-electron chi connectivity index (χ0n) is 34.1. The molecule has 0 rings (SSSR count). The van der Waals surface area contributed by atoms with Crippen LogP contribution in [0.25, 0.3) is 0 Å². The van der Waals surface area contributed by atoms with Gasteiger partial charge in [-0.25, -0.2) is 4.57 Å². The van der Waals surface area contributed by atoms with E-state index in [0.717, 1.165) is 70.6 Å². The second kappa shape index (κ2) is 34.4. The van der Waals surface area contributed by atoms with Crippen molar-refractivity contribution in [2.24, 2.45) is 0 Å². The van der Waals surface area contributed by atoms with E-state index in [1.807, 2.05) is 34.1 Å². The van der Waals surface area contributed by atoms with Gasteiger partial charge in [-0.3, -0.25) is 13.8 Å². The fourth-order valence-electron chi connectivity index (χ4n) is 5.11. The molecular formula is C43H78N2O7P+. The Morgan fingerprint density at radius 2 is 1.19 bits per heavy atom. The SMILES string of the molecule is CCC/C=C\CCCCCCCC/C=C/[C@@H](O)[C@H](COP(=O)(O)OCC[N+](C)(C)C)NC(=O)CCC/C=C\C/C=C\C/C=C\C/C=C\CCC[C@H](C)O.